The minimum atomic E-state index is -0.0283. The molecule has 0 bridgehead atoms. The molecule has 32 heavy (non-hydrogen) atoms. The van der Waals surface area contributed by atoms with Crippen LogP contribution in [0.3, 0.4) is 0 Å². The molecule has 0 atom stereocenters. The fourth-order valence-electron chi connectivity index (χ4n) is 3.42. The molecule has 1 fully saturated rings. The average molecular weight is 443 g/mol. The Balaban J connectivity index is 1.61. The molecule has 0 N–H and O–H groups in total. The summed E-state index contributed by atoms with van der Waals surface area (Å²) in [6, 6.07) is 24.0. The highest BCUT2D eigenvalue weighted by Gasteiger charge is 2.32. The van der Waals surface area contributed by atoms with Crippen molar-refractivity contribution in [2.24, 2.45) is 4.99 Å². The van der Waals surface area contributed by atoms with Crippen molar-refractivity contribution in [3.8, 4) is 5.75 Å². The van der Waals surface area contributed by atoms with E-state index in [1.54, 1.807) is 4.90 Å². The highest BCUT2D eigenvalue weighted by molar-refractivity contribution is 8.18. The van der Waals surface area contributed by atoms with Crippen LogP contribution in [0.15, 0.2) is 82.7 Å². The van der Waals surface area contributed by atoms with Gasteiger partial charge in [0.25, 0.3) is 5.91 Å². The predicted molar refractivity (Wildman–Crippen MR) is 133 cm³/mol. The molecule has 0 aromatic heterocycles. The second kappa shape index (κ2) is 9.88. The van der Waals surface area contributed by atoms with Crippen LogP contribution in [0.25, 0.3) is 6.08 Å². The fourth-order valence-corrected chi connectivity index (χ4v) is 4.47. The Labute approximate surface area is 193 Å². The zero-order chi connectivity index (χ0) is 22.5. The van der Waals surface area contributed by atoms with Gasteiger partial charge in [-0.1, -0.05) is 60.7 Å². The number of para-hydroxylation sites is 1. The van der Waals surface area contributed by atoms with Crippen LogP contribution >= 0.6 is 11.8 Å². The Morgan fingerprint density at radius 1 is 1.00 bits per heavy atom. The summed E-state index contributed by atoms with van der Waals surface area (Å²) in [7, 11) is 0. The number of amides is 1. The topological polar surface area (TPSA) is 41.9 Å². The molecule has 5 heteroatoms. The van der Waals surface area contributed by atoms with Gasteiger partial charge in [-0.25, -0.2) is 4.99 Å². The number of carbonyl (C=O) groups is 1. The summed E-state index contributed by atoms with van der Waals surface area (Å²) in [5.74, 6) is 0.722. The Morgan fingerprint density at radius 3 is 2.53 bits per heavy atom. The van der Waals surface area contributed by atoms with Gasteiger partial charge < -0.3 is 4.74 Å². The van der Waals surface area contributed by atoms with E-state index in [4.69, 9.17) is 9.73 Å². The normalized spacial score (nSPS) is 16.2. The molecule has 0 aliphatic carbocycles. The third-order valence-corrected chi connectivity index (χ3v) is 6.23. The van der Waals surface area contributed by atoms with E-state index in [0.29, 0.717) is 23.2 Å². The van der Waals surface area contributed by atoms with Gasteiger partial charge in [-0.15, -0.1) is 0 Å². The summed E-state index contributed by atoms with van der Waals surface area (Å²) in [5.41, 5.74) is 5.10. The highest BCUT2D eigenvalue weighted by Crippen LogP contribution is 2.36. The first-order chi connectivity index (χ1) is 15.5. The lowest BCUT2D eigenvalue weighted by molar-refractivity contribution is -0.122. The number of benzene rings is 3. The van der Waals surface area contributed by atoms with Crippen molar-refractivity contribution in [2.75, 3.05) is 6.54 Å². The van der Waals surface area contributed by atoms with Crippen molar-refractivity contribution in [1.29, 1.82) is 0 Å². The SMILES string of the molecule is CCN1C(=O)/C(=C\c2ccccc2OCc2ccccc2)SC1=Nc1cc(C)ccc1C. The van der Waals surface area contributed by atoms with Crippen LogP contribution in [0.4, 0.5) is 5.69 Å². The Hall–Kier alpha value is -3.31. The van der Waals surface area contributed by atoms with Crippen molar-refractivity contribution in [3.63, 3.8) is 0 Å². The number of hydrogen-bond acceptors (Lipinski definition) is 4. The second-order valence-electron chi connectivity index (χ2n) is 7.66. The number of hydrogen-bond donors (Lipinski definition) is 0. The monoisotopic (exact) mass is 442 g/mol. The number of carbonyl (C=O) groups excluding carboxylic acids is 1. The number of likely N-dealkylation sites (N-methyl/N-ethyl adjacent to an activating group) is 1. The first-order valence-electron chi connectivity index (χ1n) is 10.7. The quantitative estimate of drug-likeness (QED) is 0.409. The summed E-state index contributed by atoms with van der Waals surface area (Å²) < 4.78 is 6.06. The molecule has 3 aromatic rings. The molecule has 4 rings (SSSR count). The molecular formula is C27H26N2O2S. The van der Waals surface area contributed by atoms with Gasteiger partial charge in [0.05, 0.1) is 10.6 Å². The van der Waals surface area contributed by atoms with Gasteiger partial charge in [0.1, 0.15) is 12.4 Å². The summed E-state index contributed by atoms with van der Waals surface area (Å²) in [4.78, 5) is 20.3. The highest BCUT2D eigenvalue weighted by atomic mass is 32.2. The van der Waals surface area contributed by atoms with Crippen LogP contribution in [-0.4, -0.2) is 22.5 Å². The van der Waals surface area contributed by atoms with E-state index in [9.17, 15) is 4.79 Å². The molecule has 1 heterocycles. The van der Waals surface area contributed by atoms with Crippen molar-refractivity contribution in [3.05, 3.63) is 100.0 Å². The van der Waals surface area contributed by atoms with Gasteiger partial charge in [0.15, 0.2) is 5.17 Å². The average Bonchev–Trinajstić information content (AvgIpc) is 3.10. The lowest BCUT2D eigenvalue weighted by Crippen LogP contribution is -2.28. The van der Waals surface area contributed by atoms with Gasteiger partial charge in [-0.3, -0.25) is 9.69 Å². The first-order valence-corrected chi connectivity index (χ1v) is 11.5. The van der Waals surface area contributed by atoms with Crippen molar-refractivity contribution >= 4 is 34.6 Å². The number of aliphatic imine (C=N–C) groups is 1. The van der Waals surface area contributed by atoms with Gasteiger partial charge >= 0.3 is 0 Å². The first kappa shape index (κ1) is 21.9. The van der Waals surface area contributed by atoms with Crippen LogP contribution in [-0.2, 0) is 11.4 Å². The smallest absolute Gasteiger partial charge is 0.266 e. The molecule has 3 aromatic carbocycles. The van der Waals surface area contributed by atoms with Crippen molar-refractivity contribution in [1.82, 2.24) is 4.90 Å². The third kappa shape index (κ3) is 4.94. The predicted octanol–water partition coefficient (Wildman–Crippen LogP) is 6.51. The number of rotatable bonds is 6. The van der Waals surface area contributed by atoms with E-state index >= 15 is 0 Å². The number of amidine groups is 1. The molecule has 1 amide bonds. The molecule has 1 aliphatic rings. The number of ether oxygens (including phenoxy) is 1. The molecule has 1 aliphatic heterocycles. The second-order valence-corrected chi connectivity index (χ2v) is 8.67. The summed E-state index contributed by atoms with van der Waals surface area (Å²) in [6.07, 6.45) is 1.90. The fraction of sp³-hybridized carbons (Fsp3) is 0.185. The molecule has 0 spiro atoms. The van der Waals surface area contributed by atoms with Crippen LogP contribution in [0.2, 0.25) is 0 Å². The maximum Gasteiger partial charge on any atom is 0.266 e. The Kier molecular flexibility index (Phi) is 6.76. The molecule has 0 radical (unpaired) electrons. The number of aryl methyl sites for hydroxylation is 2. The molecule has 162 valence electrons. The summed E-state index contributed by atoms with van der Waals surface area (Å²) in [5, 5.41) is 0.708. The maximum atomic E-state index is 13.1. The molecule has 0 unspecified atom stereocenters. The van der Waals surface area contributed by atoms with Gasteiger partial charge in [0.2, 0.25) is 0 Å². The maximum absolute atomic E-state index is 13.1. The minimum absolute atomic E-state index is 0.0283. The van der Waals surface area contributed by atoms with Crippen molar-refractivity contribution < 1.29 is 9.53 Å². The van der Waals surface area contributed by atoms with Gasteiger partial charge in [0, 0.05) is 12.1 Å². The Bertz CT molecular complexity index is 1190. The van der Waals surface area contributed by atoms with Crippen LogP contribution in [0.5, 0.6) is 5.75 Å². The van der Waals surface area contributed by atoms with Crippen LogP contribution in [0, 0.1) is 13.8 Å². The minimum Gasteiger partial charge on any atom is -0.488 e. The standard InChI is InChI=1S/C27H26N2O2S/c1-4-29-26(30)25(32-27(29)28-23-16-19(2)14-15-20(23)3)17-22-12-8-9-13-24(22)31-18-21-10-6-5-7-11-21/h5-17H,4,18H2,1-3H3/b25-17+,28-27?. The van der Waals surface area contributed by atoms with E-state index < -0.39 is 0 Å². The van der Waals surface area contributed by atoms with E-state index in [1.807, 2.05) is 81.4 Å². The zero-order valence-corrected chi connectivity index (χ0v) is 19.4. The number of nitrogens with zero attached hydrogens (tertiary/aromatic N) is 2. The molecule has 0 saturated carbocycles. The summed E-state index contributed by atoms with van der Waals surface area (Å²) in [6.45, 7) is 7.09. The lowest BCUT2D eigenvalue weighted by Gasteiger charge is -2.13. The largest absolute Gasteiger partial charge is 0.488 e. The van der Waals surface area contributed by atoms with E-state index in [-0.39, 0.29) is 5.91 Å². The third-order valence-electron chi connectivity index (χ3n) is 5.23. The van der Waals surface area contributed by atoms with E-state index in [2.05, 4.69) is 18.2 Å². The zero-order valence-electron chi connectivity index (χ0n) is 18.5. The number of thioether (sulfide) groups is 1. The Morgan fingerprint density at radius 2 is 1.75 bits per heavy atom. The molecule has 4 nitrogen and oxygen atoms in total. The lowest BCUT2D eigenvalue weighted by atomic mass is 10.1. The van der Waals surface area contributed by atoms with Crippen LogP contribution < -0.4 is 4.74 Å². The summed E-state index contributed by atoms with van der Waals surface area (Å²) >= 11 is 1.41. The molecule has 1 saturated heterocycles. The van der Waals surface area contributed by atoms with Gasteiger partial charge in [-0.05, 0) is 67.4 Å². The molecular weight excluding hydrogens is 416 g/mol. The van der Waals surface area contributed by atoms with Crippen LogP contribution in [0.1, 0.15) is 29.2 Å². The van der Waals surface area contributed by atoms with Crippen molar-refractivity contribution in [2.45, 2.75) is 27.4 Å². The van der Waals surface area contributed by atoms with E-state index in [1.165, 1.54) is 11.8 Å². The van der Waals surface area contributed by atoms with Gasteiger partial charge in [-0.2, -0.15) is 0 Å². The van der Waals surface area contributed by atoms with E-state index in [0.717, 1.165) is 33.7 Å².